The number of ketones is 3. The number of benzene rings is 3. The Morgan fingerprint density at radius 2 is 1.59 bits per heavy atom. The number of hydrazone groups is 1. The monoisotopic (exact) mass is 963 g/mol. The zero-order valence-corrected chi connectivity index (χ0v) is 41.7. The van der Waals surface area contributed by atoms with Crippen LogP contribution in [-0.4, -0.2) is 104 Å². The van der Waals surface area contributed by atoms with Crippen molar-refractivity contribution in [2.24, 2.45) is 40.1 Å². The minimum atomic E-state index is -1.22. The Morgan fingerprint density at radius 1 is 0.900 bits per heavy atom. The van der Waals surface area contributed by atoms with Crippen molar-refractivity contribution >= 4 is 41.4 Å². The summed E-state index contributed by atoms with van der Waals surface area (Å²) in [5, 5.41) is 11.0. The Bertz CT molecular complexity index is 2380. The van der Waals surface area contributed by atoms with E-state index in [4.69, 9.17) is 26.7 Å². The van der Waals surface area contributed by atoms with Crippen LogP contribution in [0.2, 0.25) is 0 Å². The van der Waals surface area contributed by atoms with Crippen LogP contribution in [0.3, 0.4) is 0 Å². The first-order valence-corrected chi connectivity index (χ1v) is 24.8. The number of amides is 4. The Hall–Kier alpha value is -6.23. The second kappa shape index (κ2) is 26.7. The highest BCUT2D eigenvalue weighted by atomic mass is 16.5. The summed E-state index contributed by atoms with van der Waals surface area (Å²) in [6, 6.07) is 13.9. The normalized spacial score (nSPS) is 18.2. The van der Waals surface area contributed by atoms with E-state index in [1.54, 1.807) is 38.1 Å². The molecule has 1 fully saturated rings. The molecule has 0 saturated carbocycles. The van der Waals surface area contributed by atoms with Crippen molar-refractivity contribution in [2.45, 2.75) is 110 Å². The summed E-state index contributed by atoms with van der Waals surface area (Å²) >= 11 is 0. The molecule has 5 rings (SSSR count). The van der Waals surface area contributed by atoms with Crippen molar-refractivity contribution in [3.05, 3.63) is 94.7 Å². The third kappa shape index (κ3) is 14.9. The summed E-state index contributed by atoms with van der Waals surface area (Å²) in [5.74, 6) is -3.22. The lowest BCUT2D eigenvalue weighted by Gasteiger charge is -2.32. The van der Waals surface area contributed by atoms with Gasteiger partial charge in [-0.3, -0.25) is 24.0 Å². The highest BCUT2D eigenvalue weighted by Crippen LogP contribution is 2.41. The maximum Gasteiger partial charge on any atom is 0.342 e. The molecule has 0 unspecified atom stereocenters. The van der Waals surface area contributed by atoms with Gasteiger partial charge in [0.1, 0.15) is 30.8 Å². The first kappa shape index (κ1) is 54.7. The zero-order valence-electron chi connectivity index (χ0n) is 41.7. The summed E-state index contributed by atoms with van der Waals surface area (Å²) in [6.07, 6.45) is 8.13. The fourth-order valence-corrected chi connectivity index (χ4v) is 9.06. The van der Waals surface area contributed by atoms with Crippen LogP contribution >= 0.6 is 0 Å². The number of fused-ring (bicyclic) bond motifs is 5. The third-order valence-corrected chi connectivity index (χ3v) is 12.8. The lowest BCUT2D eigenvalue weighted by molar-refractivity contribution is -0.142. The van der Waals surface area contributed by atoms with Crippen LogP contribution in [0.15, 0.2) is 72.0 Å². The average molecular weight is 963 g/mol. The molecule has 4 amide bonds. The topological polar surface area (TPSA) is 242 Å². The number of nitrogens with zero attached hydrogens (tertiary/aromatic N) is 3. The van der Waals surface area contributed by atoms with Crippen molar-refractivity contribution < 1.29 is 38.2 Å². The molecule has 0 spiro atoms. The van der Waals surface area contributed by atoms with Gasteiger partial charge in [-0.25, -0.2) is 9.80 Å². The van der Waals surface area contributed by atoms with Crippen molar-refractivity contribution in [1.29, 1.82) is 0 Å². The van der Waals surface area contributed by atoms with Gasteiger partial charge in [-0.2, -0.15) is 5.10 Å². The molecule has 0 aromatic heterocycles. The SMILES string of the molecule is C=C1CN(/N=C/[C@H](C)CC(=O)[C@@H]2Cc3ccc(OCCN)c(c3)-c3cc(ccc3OCCN)[C@H](N(C)C(=O)[C@H](CCN)CC(=O)c3ccc(CCCCCCC)cc3C)C(=O)C[C@@H](C)C(=O)N2)C(=O)N1. The minimum absolute atomic E-state index is 0.0205. The average Bonchev–Trinajstić information content (AvgIpc) is 3.66. The number of ether oxygens (including phenoxy) is 2. The highest BCUT2D eigenvalue weighted by molar-refractivity contribution is 6.01. The molecule has 1 saturated heterocycles. The second-order valence-corrected chi connectivity index (χ2v) is 18.8. The summed E-state index contributed by atoms with van der Waals surface area (Å²) < 4.78 is 12.4. The van der Waals surface area contributed by atoms with E-state index in [-0.39, 0.29) is 83.1 Å². The van der Waals surface area contributed by atoms with E-state index in [9.17, 15) is 28.8 Å². The van der Waals surface area contributed by atoms with Gasteiger partial charge in [0.15, 0.2) is 17.3 Å². The number of nitrogens with one attached hydrogen (secondary N) is 2. The maximum absolute atomic E-state index is 14.9. The van der Waals surface area contributed by atoms with Crippen LogP contribution in [0, 0.1) is 24.7 Å². The number of unbranched alkanes of at least 4 members (excludes halogenated alkanes) is 4. The molecule has 3 aromatic carbocycles. The largest absolute Gasteiger partial charge is 0.492 e. The van der Waals surface area contributed by atoms with E-state index in [1.165, 1.54) is 48.0 Å². The highest BCUT2D eigenvalue weighted by Gasteiger charge is 2.36. The van der Waals surface area contributed by atoms with Crippen molar-refractivity contribution in [3.63, 3.8) is 0 Å². The Balaban J connectivity index is 1.52. The standard InChI is InChI=1S/C54H74N8O8/c1-7-8-9-10-11-12-38-13-16-42(35(3)26-38)46(63)31-41(19-20-55)53(67)61(6)51-40-15-18-50(70-24-22-57)44(30-40)43-28-39(14-17-49(43)69-23-21-56)29-45(60-52(66)36(4)27-48(51)65)47(64)25-34(2)32-58-62-33-37(5)59-54(62)68/h13-18,26,28,30,32,34,36,41,45,51H,5,7-12,19-25,27,29,31,33,55-57H2,1-4,6H3,(H,59,68)(H,60,66)/b58-32+/t34-,36-,41-,45+,51+/m1/s1. The molecule has 0 aliphatic carbocycles. The Labute approximate surface area is 413 Å². The molecule has 8 N–H and O–H groups in total. The Kier molecular flexibility index (Phi) is 20.8. The van der Waals surface area contributed by atoms with Crippen LogP contribution in [0.4, 0.5) is 4.79 Å². The van der Waals surface area contributed by atoms with Gasteiger partial charge < -0.3 is 42.2 Å². The predicted octanol–water partition coefficient (Wildman–Crippen LogP) is 6.34. The molecule has 70 heavy (non-hydrogen) atoms. The molecular formula is C54H74N8O8. The molecule has 16 nitrogen and oxygen atoms in total. The number of carbonyl (C=O) groups excluding carboxylic acids is 6. The van der Waals surface area contributed by atoms with Gasteiger partial charge in [-0.15, -0.1) is 0 Å². The number of hydrogen-bond acceptors (Lipinski definition) is 12. The minimum Gasteiger partial charge on any atom is -0.492 e. The van der Waals surface area contributed by atoms with E-state index < -0.39 is 53.5 Å². The maximum atomic E-state index is 14.9. The van der Waals surface area contributed by atoms with E-state index in [0.717, 1.165) is 24.8 Å². The molecule has 2 heterocycles. The second-order valence-electron chi connectivity index (χ2n) is 18.8. The van der Waals surface area contributed by atoms with Gasteiger partial charge in [0.05, 0.1) is 12.6 Å². The molecular weight excluding hydrogens is 889 g/mol. The van der Waals surface area contributed by atoms with Gasteiger partial charge in [0.25, 0.3) is 0 Å². The quantitative estimate of drug-likeness (QED) is 0.0377. The lowest BCUT2D eigenvalue weighted by atomic mass is 9.87. The molecule has 4 bridgehead atoms. The molecule has 0 radical (unpaired) electrons. The van der Waals surface area contributed by atoms with Crippen molar-refractivity contribution in [3.8, 4) is 22.6 Å². The summed E-state index contributed by atoms with van der Waals surface area (Å²) in [5.41, 5.74) is 23.2. The number of likely N-dealkylation sites (N-methyl/N-ethyl adjacent to an activating group) is 1. The van der Waals surface area contributed by atoms with Crippen LogP contribution in [0.5, 0.6) is 11.5 Å². The molecule has 3 aromatic rings. The molecule has 16 heteroatoms. The van der Waals surface area contributed by atoms with Gasteiger partial charge >= 0.3 is 6.03 Å². The zero-order chi connectivity index (χ0) is 50.9. The van der Waals surface area contributed by atoms with E-state index in [0.29, 0.717) is 45.0 Å². The van der Waals surface area contributed by atoms with Gasteiger partial charge in [-0.05, 0) is 85.7 Å². The van der Waals surface area contributed by atoms with Crippen molar-refractivity contribution in [1.82, 2.24) is 20.5 Å². The van der Waals surface area contributed by atoms with Gasteiger partial charge in [0, 0.05) is 85.8 Å². The number of hydrogen-bond donors (Lipinski definition) is 5. The number of rotatable bonds is 24. The molecule has 2 aliphatic heterocycles. The fraction of sp³-hybridized carbons (Fsp3) is 0.500. The van der Waals surface area contributed by atoms with Crippen LogP contribution in [0.1, 0.15) is 117 Å². The number of urea groups is 1. The van der Waals surface area contributed by atoms with Crippen LogP contribution in [-0.2, 0) is 32.0 Å². The van der Waals surface area contributed by atoms with Gasteiger partial charge in [0.2, 0.25) is 11.8 Å². The smallest absolute Gasteiger partial charge is 0.342 e. The van der Waals surface area contributed by atoms with Crippen LogP contribution < -0.4 is 37.3 Å². The van der Waals surface area contributed by atoms with E-state index in [1.807, 2.05) is 31.2 Å². The summed E-state index contributed by atoms with van der Waals surface area (Å²) in [6.45, 7) is 12.4. The first-order chi connectivity index (χ1) is 33.6. The van der Waals surface area contributed by atoms with Crippen molar-refractivity contribution in [2.75, 3.05) is 46.4 Å². The van der Waals surface area contributed by atoms with Gasteiger partial charge in [-0.1, -0.05) is 83.4 Å². The summed E-state index contributed by atoms with van der Waals surface area (Å²) in [7, 11) is 1.54. The lowest BCUT2D eigenvalue weighted by Crippen LogP contribution is -2.46. The number of nitrogens with two attached hydrogens (primary N) is 3. The molecule has 2 aliphatic rings. The van der Waals surface area contributed by atoms with E-state index >= 15 is 0 Å². The molecule has 378 valence electrons. The third-order valence-electron chi connectivity index (χ3n) is 12.8. The number of aryl methyl sites for hydroxylation is 2. The predicted molar refractivity (Wildman–Crippen MR) is 272 cm³/mol. The van der Waals surface area contributed by atoms with Crippen LogP contribution in [0.25, 0.3) is 11.1 Å². The first-order valence-electron chi connectivity index (χ1n) is 24.8. The number of carbonyl (C=O) groups is 6. The summed E-state index contributed by atoms with van der Waals surface area (Å²) in [4.78, 5) is 85.6. The van der Waals surface area contributed by atoms with E-state index in [2.05, 4.69) is 35.3 Å². The fourth-order valence-electron chi connectivity index (χ4n) is 9.06. The Morgan fingerprint density at radius 3 is 2.23 bits per heavy atom. The number of Topliss-reactive ketones (excluding diaryl/α,β-unsaturated/α-hetero) is 3. The molecule has 5 atom stereocenters.